The van der Waals surface area contributed by atoms with Gasteiger partial charge in [0.15, 0.2) is 0 Å². The van der Waals surface area contributed by atoms with Gasteiger partial charge in [-0.25, -0.2) is 0 Å². The molecule has 0 atom stereocenters. The number of allylic oxidation sites excluding steroid dienone is 1. The molecule has 2 nitrogen and oxygen atoms in total. The summed E-state index contributed by atoms with van der Waals surface area (Å²) in [6.45, 7) is 2.87. The molecule has 0 aromatic heterocycles. The highest BCUT2D eigenvalue weighted by atomic mass is 14.8. The van der Waals surface area contributed by atoms with Crippen molar-refractivity contribution in [2.24, 2.45) is 5.73 Å². The van der Waals surface area contributed by atoms with Crippen LogP contribution in [0.15, 0.2) is 11.8 Å². The van der Waals surface area contributed by atoms with Gasteiger partial charge >= 0.3 is 0 Å². The molecule has 0 aromatic carbocycles. The Hall–Kier alpha value is -0.500. The molecule has 3 N–H and O–H groups in total. The average molecular weight is 114 g/mol. The van der Waals surface area contributed by atoms with Gasteiger partial charge < -0.3 is 11.1 Å². The lowest BCUT2D eigenvalue weighted by Gasteiger charge is -1.96. The Labute approximate surface area is 50.8 Å². The van der Waals surface area contributed by atoms with E-state index < -0.39 is 0 Å². The quantitative estimate of drug-likeness (QED) is 0.559. The van der Waals surface area contributed by atoms with Crippen molar-refractivity contribution in [2.75, 3.05) is 13.6 Å². The zero-order valence-corrected chi connectivity index (χ0v) is 5.57. The number of likely N-dealkylation sites (N-methyl/N-ethyl adjacent to an activating group) is 1. The molecule has 8 heavy (non-hydrogen) atoms. The third-order valence-electron chi connectivity index (χ3n) is 0.847. The summed E-state index contributed by atoms with van der Waals surface area (Å²) >= 11 is 0. The van der Waals surface area contributed by atoms with Crippen LogP contribution in [0.2, 0.25) is 0 Å². The molecular weight excluding hydrogens is 100 g/mol. The molecule has 48 valence electrons. The highest BCUT2D eigenvalue weighted by molar-refractivity contribution is 4.97. The molecule has 0 fully saturated rings. The second-order valence-electron chi connectivity index (χ2n) is 1.72. The second-order valence-corrected chi connectivity index (χ2v) is 1.72. The standard InChI is InChI=1S/C6H14N2/c1-3-4-6(7)5-8-2/h4,8H,3,5,7H2,1-2H3. The van der Waals surface area contributed by atoms with E-state index in [1.807, 2.05) is 13.1 Å². The lowest BCUT2D eigenvalue weighted by molar-refractivity contribution is 0.863. The zero-order chi connectivity index (χ0) is 6.41. The van der Waals surface area contributed by atoms with Crippen LogP contribution in [0, 0.1) is 0 Å². The van der Waals surface area contributed by atoms with E-state index in [0.29, 0.717) is 0 Å². The van der Waals surface area contributed by atoms with E-state index in [1.165, 1.54) is 0 Å². The number of rotatable bonds is 3. The summed E-state index contributed by atoms with van der Waals surface area (Å²) in [4.78, 5) is 0. The fourth-order valence-corrected chi connectivity index (χ4v) is 0.538. The molecule has 0 aliphatic carbocycles. The second kappa shape index (κ2) is 4.65. The van der Waals surface area contributed by atoms with E-state index in [4.69, 9.17) is 5.73 Å². The molecule has 2 heteroatoms. The van der Waals surface area contributed by atoms with Gasteiger partial charge in [-0.15, -0.1) is 0 Å². The number of nitrogens with one attached hydrogen (secondary N) is 1. The Balaban J connectivity index is 3.29. The van der Waals surface area contributed by atoms with Crippen molar-refractivity contribution in [1.82, 2.24) is 5.32 Å². The minimum absolute atomic E-state index is 0.799. The van der Waals surface area contributed by atoms with E-state index in [2.05, 4.69) is 12.2 Å². The largest absolute Gasteiger partial charge is 0.401 e. The average Bonchev–Trinajstić information content (AvgIpc) is 1.68. The first-order valence-corrected chi connectivity index (χ1v) is 2.90. The van der Waals surface area contributed by atoms with Crippen molar-refractivity contribution in [1.29, 1.82) is 0 Å². The Morgan fingerprint density at radius 3 is 2.75 bits per heavy atom. The van der Waals surface area contributed by atoms with Crippen LogP contribution in [-0.2, 0) is 0 Å². The minimum atomic E-state index is 0.799. The van der Waals surface area contributed by atoms with Crippen molar-refractivity contribution in [3.05, 3.63) is 11.8 Å². The normalized spacial score (nSPS) is 12.0. The fourth-order valence-electron chi connectivity index (χ4n) is 0.538. The van der Waals surface area contributed by atoms with E-state index in [-0.39, 0.29) is 0 Å². The molecule has 0 heterocycles. The van der Waals surface area contributed by atoms with Crippen molar-refractivity contribution in [3.8, 4) is 0 Å². The minimum Gasteiger partial charge on any atom is -0.401 e. The van der Waals surface area contributed by atoms with Gasteiger partial charge in [-0.05, 0) is 13.5 Å². The third-order valence-corrected chi connectivity index (χ3v) is 0.847. The summed E-state index contributed by atoms with van der Waals surface area (Å²) in [5.41, 5.74) is 6.42. The van der Waals surface area contributed by atoms with Crippen molar-refractivity contribution >= 4 is 0 Å². The lowest BCUT2D eigenvalue weighted by Crippen LogP contribution is -2.15. The molecule has 0 radical (unpaired) electrons. The number of hydrogen-bond acceptors (Lipinski definition) is 2. The van der Waals surface area contributed by atoms with Crippen molar-refractivity contribution in [3.63, 3.8) is 0 Å². The molecule has 0 spiro atoms. The Bertz CT molecular complexity index is 76.6. The van der Waals surface area contributed by atoms with Gasteiger partial charge in [0, 0.05) is 12.2 Å². The van der Waals surface area contributed by atoms with E-state index in [1.54, 1.807) is 0 Å². The molecule has 0 aliphatic rings. The molecule has 0 saturated heterocycles. The van der Waals surface area contributed by atoms with Crippen LogP contribution in [0.4, 0.5) is 0 Å². The Kier molecular flexibility index (Phi) is 4.36. The molecule has 0 aliphatic heterocycles. The van der Waals surface area contributed by atoms with E-state index >= 15 is 0 Å². The maximum atomic E-state index is 5.49. The summed E-state index contributed by atoms with van der Waals surface area (Å²) in [6, 6.07) is 0. The molecule has 0 amide bonds. The maximum absolute atomic E-state index is 5.49. The highest BCUT2D eigenvalue weighted by Crippen LogP contribution is 1.83. The lowest BCUT2D eigenvalue weighted by atomic mass is 10.3. The van der Waals surface area contributed by atoms with Crippen LogP contribution in [0.1, 0.15) is 13.3 Å². The van der Waals surface area contributed by atoms with E-state index in [0.717, 1.165) is 18.7 Å². The van der Waals surface area contributed by atoms with Gasteiger partial charge in [0.05, 0.1) is 0 Å². The van der Waals surface area contributed by atoms with Gasteiger partial charge in [0.1, 0.15) is 0 Å². The first kappa shape index (κ1) is 7.50. The maximum Gasteiger partial charge on any atom is 0.0346 e. The van der Waals surface area contributed by atoms with Crippen LogP contribution < -0.4 is 11.1 Å². The van der Waals surface area contributed by atoms with Gasteiger partial charge in [0.25, 0.3) is 0 Å². The molecular formula is C6H14N2. The van der Waals surface area contributed by atoms with Gasteiger partial charge in [-0.2, -0.15) is 0 Å². The number of nitrogens with two attached hydrogens (primary N) is 1. The van der Waals surface area contributed by atoms with Crippen LogP contribution in [0.25, 0.3) is 0 Å². The Morgan fingerprint density at radius 2 is 2.38 bits per heavy atom. The van der Waals surface area contributed by atoms with Crippen molar-refractivity contribution < 1.29 is 0 Å². The summed E-state index contributed by atoms with van der Waals surface area (Å²) in [5.74, 6) is 0. The van der Waals surface area contributed by atoms with Crippen LogP contribution in [-0.4, -0.2) is 13.6 Å². The summed E-state index contributed by atoms with van der Waals surface area (Å²) in [6.07, 6.45) is 3.03. The molecule has 0 rings (SSSR count). The predicted molar refractivity (Wildman–Crippen MR) is 36.5 cm³/mol. The zero-order valence-electron chi connectivity index (χ0n) is 5.57. The van der Waals surface area contributed by atoms with Gasteiger partial charge in [0.2, 0.25) is 0 Å². The molecule has 0 saturated carbocycles. The summed E-state index contributed by atoms with van der Waals surface area (Å²) in [7, 11) is 1.89. The molecule has 0 bridgehead atoms. The SMILES string of the molecule is CCC=C(N)CNC. The Morgan fingerprint density at radius 1 is 1.75 bits per heavy atom. The monoisotopic (exact) mass is 114 g/mol. The molecule has 0 aromatic rings. The van der Waals surface area contributed by atoms with Crippen LogP contribution in [0.5, 0.6) is 0 Å². The number of hydrogen-bond donors (Lipinski definition) is 2. The van der Waals surface area contributed by atoms with E-state index in [9.17, 15) is 0 Å². The smallest absolute Gasteiger partial charge is 0.0346 e. The predicted octanol–water partition coefficient (Wildman–Crippen LogP) is 0.458. The third kappa shape index (κ3) is 3.68. The van der Waals surface area contributed by atoms with Gasteiger partial charge in [-0.3, -0.25) is 0 Å². The fraction of sp³-hybridized carbons (Fsp3) is 0.667. The first-order valence-electron chi connectivity index (χ1n) is 2.90. The van der Waals surface area contributed by atoms with Crippen LogP contribution in [0.3, 0.4) is 0 Å². The van der Waals surface area contributed by atoms with Gasteiger partial charge in [-0.1, -0.05) is 13.0 Å². The van der Waals surface area contributed by atoms with Crippen molar-refractivity contribution in [2.45, 2.75) is 13.3 Å². The summed E-state index contributed by atoms with van der Waals surface area (Å²) < 4.78 is 0. The topological polar surface area (TPSA) is 38.0 Å². The highest BCUT2D eigenvalue weighted by Gasteiger charge is 1.81. The van der Waals surface area contributed by atoms with Crippen LogP contribution >= 0.6 is 0 Å². The summed E-state index contributed by atoms with van der Waals surface area (Å²) in [5, 5.41) is 2.96. The first-order chi connectivity index (χ1) is 3.81. The molecule has 0 unspecified atom stereocenters.